The molecule has 24 heavy (non-hydrogen) atoms. The number of carbonyl (C=O) groups is 2. The van der Waals surface area contributed by atoms with Gasteiger partial charge in [-0.25, -0.2) is 8.42 Å². The number of rotatable bonds is 4. The zero-order valence-electron chi connectivity index (χ0n) is 14.1. The number of hydrogen-bond acceptors (Lipinski definition) is 4. The summed E-state index contributed by atoms with van der Waals surface area (Å²) in [5.41, 5.74) is 1.38. The highest BCUT2D eigenvalue weighted by molar-refractivity contribution is 7.91. The van der Waals surface area contributed by atoms with E-state index in [0.717, 1.165) is 5.56 Å². The average Bonchev–Trinajstić information content (AvgIpc) is 2.91. The molecule has 1 fully saturated rings. The minimum absolute atomic E-state index is 0.0322. The number of amides is 2. The molecule has 0 saturated carbocycles. The molecule has 7 heteroatoms. The molecule has 1 saturated heterocycles. The molecule has 1 atom stereocenters. The molecule has 0 aliphatic carbocycles. The van der Waals surface area contributed by atoms with Crippen molar-refractivity contribution in [2.75, 3.05) is 32.6 Å². The maximum absolute atomic E-state index is 12.2. The van der Waals surface area contributed by atoms with Crippen molar-refractivity contribution in [2.45, 2.75) is 12.5 Å². The topological polar surface area (TPSA) is 74.8 Å². The molecule has 1 aromatic rings. The van der Waals surface area contributed by atoms with Gasteiger partial charge in [-0.3, -0.25) is 9.59 Å². The molecule has 0 N–H and O–H groups in total. The van der Waals surface area contributed by atoms with E-state index in [9.17, 15) is 18.0 Å². The first-order valence-corrected chi connectivity index (χ1v) is 9.49. The summed E-state index contributed by atoms with van der Waals surface area (Å²) in [6, 6.07) is 6.69. The van der Waals surface area contributed by atoms with Crippen molar-refractivity contribution in [3.05, 3.63) is 41.5 Å². The van der Waals surface area contributed by atoms with Gasteiger partial charge in [-0.15, -0.1) is 0 Å². The van der Waals surface area contributed by atoms with Gasteiger partial charge >= 0.3 is 0 Å². The molecule has 0 spiro atoms. The summed E-state index contributed by atoms with van der Waals surface area (Å²) in [6.07, 6.45) is 3.57. The molecule has 1 unspecified atom stereocenters. The summed E-state index contributed by atoms with van der Waals surface area (Å²) >= 11 is 0. The Hall–Kier alpha value is -2.15. The SMILES string of the molecule is CN(C)C(=O)c1ccc(/C=C/C(=O)N(C)C2CCS(=O)(=O)C2)cc1. The van der Waals surface area contributed by atoms with Crippen LogP contribution in [0, 0.1) is 0 Å². The van der Waals surface area contributed by atoms with E-state index in [0.29, 0.717) is 12.0 Å². The largest absolute Gasteiger partial charge is 0.345 e. The predicted molar refractivity (Wildman–Crippen MR) is 93.3 cm³/mol. The van der Waals surface area contributed by atoms with E-state index in [4.69, 9.17) is 0 Å². The van der Waals surface area contributed by atoms with Crippen molar-refractivity contribution in [1.29, 1.82) is 0 Å². The molecular formula is C17H22N2O4S. The van der Waals surface area contributed by atoms with Gasteiger partial charge in [-0.1, -0.05) is 12.1 Å². The predicted octanol–water partition coefficient (Wildman–Crippen LogP) is 1.05. The van der Waals surface area contributed by atoms with Crippen molar-refractivity contribution in [1.82, 2.24) is 9.80 Å². The first kappa shape index (κ1) is 18.2. The van der Waals surface area contributed by atoms with Gasteiger partial charge < -0.3 is 9.80 Å². The zero-order chi connectivity index (χ0) is 17.9. The number of hydrogen-bond donors (Lipinski definition) is 0. The Morgan fingerprint density at radius 3 is 2.25 bits per heavy atom. The van der Waals surface area contributed by atoms with Crippen LogP contribution in [0.15, 0.2) is 30.3 Å². The molecular weight excluding hydrogens is 328 g/mol. The highest BCUT2D eigenvalue weighted by atomic mass is 32.2. The molecule has 130 valence electrons. The second kappa shape index (κ2) is 7.17. The van der Waals surface area contributed by atoms with Crippen LogP contribution in [-0.4, -0.2) is 68.7 Å². The molecule has 6 nitrogen and oxygen atoms in total. The lowest BCUT2D eigenvalue weighted by atomic mass is 10.1. The first-order chi connectivity index (χ1) is 11.2. The second-order valence-electron chi connectivity index (χ2n) is 6.16. The lowest BCUT2D eigenvalue weighted by Crippen LogP contribution is -2.36. The Balaban J connectivity index is 2.00. The van der Waals surface area contributed by atoms with E-state index in [1.807, 2.05) is 0 Å². The lowest BCUT2D eigenvalue weighted by Gasteiger charge is -2.21. The number of benzene rings is 1. The van der Waals surface area contributed by atoms with Crippen LogP contribution in [0.5, 0.6) is 0 Å². The number of sulfone groups is 1. The Morgan fingerprint density at radius 1 is 1.12 bits per heavy atom. The van der Waals surface area contributed by atoms with Crippen LogP contribution < -0.4 is 0 Å². The van der Waals surface area contributed by atoms with E-state index in [2.05, 4.69) is 0 Å². The standard InChI is InChI=1S/C17H22N2O4S/c1-18(2)17(21)14-7-4-13(5-8-14)6-9-16(20)19(3)15-10-11-24(22,23)12-15/h4-9,15H,10-12H2,1-3H3/b9-6+. The summed E-state index contributed by atoms with van der Waals surface area (Å²) < 4.78 is 23.0. The monoisotopic (exact) mass is 350 g/mol. The van der Waals surface area contributed by atoms with Crippen LogP contribution in [0.3, 0.4) is 0 Å². The molecule has 1 aliphatic rings. The quantitative estimate of drug-likeness (QED) is 0.761. The maximum atomic E-state index is 12.2. The van der Waals surface area contributed by atoms with Gasteiger partial charge in [0.1, 0.15) is 0 Å². The van der Waals surface area contributed by atoms with Gasteiger partial charge in [0.05, 0.1) is 11.5 Å². The Kier molecular flexibility index (Phi) is 5.43. The van der Waals surface area contributed by atoms with Gasteiger partial charge in [0, 0.05) is 38.8 Å². The third-order valence-corrected chi connectivity index (χ3v) is 5.84. The normalized spacial score (nSPS) is 19.4. The zero-order valence-corrected chi connectivity index (χ0v) is 14.9. The first-order valence-electron chi connectivity index (χ1n) is 7.66. The molecule has 2 rings (SSSR count). The fraction of sp³-hybridized carbons (Fsp3) is 0.412. The fourth-order valence-corrected chi connectivity index (χ4v) is 4.32. The molecule has 2 amide bonds. The minimum Gasteiger partial charge on any atom is -0.345 e. The lowest BCUT2D eigenvalue weighted by molar-refractivity contribution is -0.126. The Labute approximate surface area is 142 Å². The fourth-order valence-electron chi connectivity index (χ4n) is 2.54. The van der Waals surface area contributed by atoms with Crippen LogP contribution in [0.4, 0.5) is 0 Å². The van der Waals surface area contributed by atoms with Crippen molar-refractivity contribution in [3.63, 3.8) is 0 Å². The van der Waals surface area contributed by atoms with Crippen LogP contribution in [0.25, 0.3) is 6.08 Å². The van der Waals surface area contributed by atoms with Crippen molar-refractivity contribution >= 4 is 27.7 Å². The second-order valence-corrected chi connectivity index (χ2v) is 8.39. The Bertz CT molecular complexity index is 751. The van der Waals surface area contributed by atoms with E-state index in [1.165, 1.54) is 15.9 Å². The van der Waals surface area contributed by atoms with Gasteiger partial charge in [0.2, 0.25) is 5.91 Å². The molecule has 0 aromatic heterocycles. The molecule has 1 aliphatic heterocycles. The maximum Gasteiger partial charge on any atom is 0.253 e. The highest BCUT2D eigenvalue weighted by Gasteiger charge is 2.31. The summed E-state index contributed by atoms with van der Waals surface area (Å²) in [5.74, 6) is -0.139. The number of likely N-dealkylation sites (N-methyl/N-ethyl adjacent to an activating group) is 1. The van der Waals surface area contributed by atoms with Crippen molar-refractivity contribution in [3.8, 4) is 0 Å². The van der Waals surface area contributed by atoms with Crippen molar-refractivity contribution in [2.24, 2.45) is 0 Å². The van der Waals surface area contributed by atoms with Crippen LogP contribution in [0.2, 0.25) is 0 Å². The third kappa shape index (κ3) is 4.44. The van der Waals surface area contributed by atoms with E-state index in [1.54, 1.807) is 51.5 Å². The van der Waals surface area contributed by atoms with Gasteiger partial charge in [0.15, 0.2) is 9.84 Å². The van der Waals surface area contributed by atoms with Gasteiger partial charge in [-0.05, 0) is 30.2 Å². The number of carbonyl (C=O) groups excluding carboxylic acids is 2. The summed E-state index contributed by atoms with van der Waals surface area (Å²) in [7, 11) is 1.98. The van der Waals surface area contributed by atoms with E-state index < -0.39 is 9.84 Å². The Morgan fingerprint density at radius 2 is 1.75 bits per heavy atom. The third-order valence-electron chi connectivity index (χ3n) is 4.09. The van der Waals surface area contributed by atoms with Crippen LogP contribution in [0.1, 0.15) is 22.3 Å². The van der Waals surface area contributed by atoms with E-state index in [-0.39, 0.29) is 29.4 Å². The van der Waals surface area contributed by atoms with Gasteiger partial charge in [-0.2, -0.15) is 0 Å². The smallest absolute Gasteiger partial charge is 0.253 e. The summed E-state index contributed by atoms with van der Waals surface area (Å²) in [5, 5.41) is 0. The van der Waals surface area contributed by atoms with Crippen molar-refractivity contribution < 1.29 is 18.0 Å². The summed E-state index contributed by atoms with van der Waals surface area (Å²) in [6.45, 7) is 0. The van der Waals surface area contributed by atoms with Crippen LogP contribution >= 0.6 is 0 Å². The molecule has 1 aromatic carbocycles. The summed E-state index contributed by atoms with van der Waals surface area (Å²) in [4.78, 5) is 26.9. The molecule has 1 heterocycles. The highest BCUT2D eigenvalue weighted by Crippen LogP contribution is 2.17. The molecule has 0 bridgehead atoms. The molecule has 0 radical (unpaired) electrons. The average molecular weight is 350 g/mol. The minimum atomic E-state index is -3.02. The van der Waals surface area contributed by atoms with Gasteiger partial charge in [0.25, 0.3) is 5.91 Å². The van der Waals surface area contributed by atoms with E-state index >= 15 is 0 Å². The number of nitrogens with zero attached hydrogens (tertiary/aromatic N) is 2. The van der Waals surface area contributed by atoms with Crippen LogP contribution in [-0.2, 0) is 14.6 Å².